The number of rotatable bonds is 5. The summed E-state index contributed by atoms with van der Waals surface area (Å²) < 4.78 is 0. The third-order valence-corrected chi connectivity index (χ3v) is 2.72. The van der Waals surface area contributed by atoms with Gasteiger partial charge in [-0.3, -0.25) is 0 Å². The van der Waals surface area contributed by atoms with E-state index in [0.717, 1.165) is 6.42 Å². The first-order valence-electron chi connectivity index (χ1n) is 4.18. The average molecular weight is 191 g/mol. The molecule has 0 aromatic heterocycles. The molecule has 0 spiro atoms. The standard InChI is InChI=1S/C8H21N3S/c1-7(9-3,10-4)6-8(2,12)11-5/h9-12H,6H2,1-5H3. The molecule has 0 aliphatic rings. The summed E-state index contributed by atoms with van der Waals surface area (Å²) in [5.74, 6) is 0. The SMILES string of the molecule is CNC(C)(S)CC(C)(NC)NC. The van der Waals surface area contributed by atoms with Crippen molar-refractivity contribution in [1.82, 2.24) is 16.0 Å². The first kappa shape index (κ1) is 12.2. The molecule has 74 valence electrons. The molecule has 1 unspecified atom stereocenters. The normalized spacial score (nSPS) is 17.5. The van der Waals surface area contributed by atoms with Crippen LogP contribution < -0.4 is 16.0 Å². The second kappa shape index (κ2) is 4.46. The zero-order chi connectivity index (χ0) is 9.83. The molecular weight excluding hydrogens is 170 g/mol. The lowest BCUT2D eigenvalue weighted by Gasteiger charge is -2.36. The summed E-state index contributed by atoms with van der Waals surface area (Å²) in [5, 5.41) is 9.59. The van der Waals surface area contributed by atoms with Crippen molar-refractivity contribution in [2.45, 2.75) is 30.8 Å². The molecule has 0 amide bonds. The Balaban J connectivity index is 4.20. The van der Waals surface area contributed by atoms with Crippen molar-refractivity contribution in [1.29, 1.82) is 0 Å². The van der Waals surface area contributed by atoms with Crippen LogP contribution in [0.5, 0.6) is 0 Å². The molecule has 0 rings (SSSR count). The summed E-state index contributed by atoms with van der Waals surface area (Å²) in [5.41, 5.74) is -0.0699. The van der Waals surface area contributed by atoms with Gasteiger partial charge >= 0.3 is 0 Å². The van der Waals surface area contributed by atoms with E-state index < -0.39 is 0 Å². The van der Waals surface area contributed by atoms with Crippen LogP contribution in [-0.4, -0.2) is 31.7 Å². The average Bonchev–Trinajstić information content (AvgIpc) is 2.04. The third-order valence-electron chi connectivity index (χ3n) is 2.34. The Hall–Kier alpha value is 0.230. The van der Waals surface area contributed by atoms with Crippen LogP contribution in [0.15, 0.2) is 0 Å². The fourth-order valence-corrected chi connectivity index (χ4v) is 1.39. The summed E-state index contributed by atoms with van der Waals surface area (Å²) >= 11 is 4.50. The van der Waals surface area contributed by atoms with Gasteiger partial charge in [0.15, 0.2) is 0 Å². The minimum atomic E-state index is -0.152. The van der Waals surface area contributed by atoms with E-state index in [1.165, 1.54) is 0 Å². The van der Waals surface area contributed by atoms with Crippen LogP contribution in [0.1, 0.15) is 20.3 Å². The predicted octanol–water partition coefficient (Wildman–Crippen LogP) is 0.397. The Labute approximate surface area is 81.1 Å². The van der Waals surface area contributed by atoms with Crippen molar-refractivity contribution in [2.75, 3.05) is 21.1 Å². The molecule has 0 saturated heterocycles. The molecule has 4 heteroatoms. The molecule has 0 aliphatic heterocycles. The van der Waals surface area contributed by atoms with E-state index in [1.807, 2.05) is 21.1 Å². The number of hydrogen-bond acceptors (Lipinski definition) is 4. The summed E-state index contributed by atoms with van der Waals surface area (Å²) in [7, 11) is 5.80. The molecule has 0 radical (unpaired) electrons. The van der Waals surface area contributed by atoms with Gasteiger partial charge in [-0.2, -0.15) is 12.6 Å². The molecule has 1 atom stereocenters. The number of hydrogen-bond donors (Lipinski definition) is 4. The topological polar surface area (TPSA) is 36.1 Å². The summed E-state index contributed by atoms with van der Waals surface area (Å²) in [6, 6.07) is 0. The van der Waals surface area contributed by atoms with Crippen molar-refractivity contribution in [3.8, 4) is 0 Å². The summed E-state index contributed by atoms with van der Waals surface area (Å²) in [6.07, 6.45) is 0.895. The Morgan fingerprint density at radius 1 is 1.00 bits per heavy atom. The molecule has 12 heavy (non-hydrogen) atoms. The number of nitrogens with one attached hydrogen (secondary N) is 3. The molecule has 0 bridgehead atoms. The van der Waals surface area contributed by atoms with Gasteiger partial charge in [0.2, 0.25) is 0 Å². The first-order chi connectivity index (χ1) is 5.39. The Morgan fingerprint density at radius 2 is 1.42 bits per heavy atom. The molecule has 3 N–H and O–H groups in total. The van der Waals surface area contributed by atoms with Gasteiger partial charge in [0.05, 0.1) is 10.5 Å². The van der Waals surface area contributed by atoms with Gasteiger partial charge in [0.1, 0.15) is 0 Å². The first-order valence-corrected chi connectivity index (χ1v) is 4.63. The van der Waals surface area contributed by atoms with Crippen LogP contribution in [0.2, 0.25) is 0 Å². The van der Waals surface area contributed by atoms with Crippen LogP contribution in [0.3, 0.4) is 0 Å². The summed E-state index contributed by atoms with van der Waals surface area (Å²) in [4.78, 5) is -0.152. The van der Waals surface area contributed by atoms with Crippen LogP contribution in [-0.2, 0) is 0 Å². The van der Waals surface area contributed by atoms with Crippen molar-refractivity contribution in [2.24, 2.45) is 0 Å². The Morgan fingerprint density at radius 3 is 1.67 bits per heavy atom. The zero-order valence-corrected chi connectivity index (χ0v) is 9.55. The maximum absolute atomic E-state index is 4.50. The molecule has 3 nitrogen and oxygen atoms in total. The molecule has 0 fully saturated rings. The number of thiol groups is 1. The minimum Gasteiger partial charge on any atom is -0.306 e. The van der Waals surface area contributed by atoms with Gasteiger partial charge in [-0.25, -0.2) is 0 Å². The van der Waals surface area contributed by atoms with Crippen LogP contribution >= 0.6 is 12.6 Å². The lowest BCUT2D eigenvalue weighted by Crippen LogP contribution is -2.56. The Kier molecular flexibility index (Phi) is 4.55. The molecular formula is C8H21N3S. The van der Waals surface area contributed by atoms with Gasteiger partial charge in [0, 0.05) is 6.42 Å². The van der Waals surface area contributed by atoms with E-state index in [1.54, 1.807) is 0 Å². The van der Waals surface area contributed by atoms with E-state index in [-0.39, 0.29) is 10.5 Å². The highest BCUT2D eigenvalue weighted by molar-refractivity contribution is 7.81. The van der Waals surface area contributed by atoms with Crippen molar-refractivity contribution >= 4 is 12.6 Å². The van der Waals surface area contributed by atoms with E-state index in [9.17, 15) is 0 Å². The van der Waals surface area contributed by atoms with E-state index in [4.69, 9.17) is 0 Å². The van der Waals surface area contributed by atoms with Gasteiger partial charge in [-0.15, -0.1) is 0 Å². The van der Waals surface area contributed by atoms with E-state index in [0.29, 0.717) is 0 Å². The monoisotopic (exact) mass is 191 g/mol. The Bertz CT molecular complexity index is 132. The maximum atomic E-state index is 4.50. The zero-order valence-electron chi connectivity index (χ0n) is 8.65. The van der Waals surface area contributed by atoms with Gasteiger partial charge in [-0.05, 0) is 35.0 Å². The highest BCUT2D eigenvalue weighted by atomic mass is 32.1. The predicted molar refractivity (Wildman–Crippen MR) is 57.6 cm³/mol. The second-order valence-electron chi connectivity index (χ2n) is 3.53. The molecule has 0 heterocycles. The second-order valence-corrected chi connectivity index (χ2v) is 4.52. The van der Waals surface area contributed by atoms with Crippen LogP contribution in [0, 0.1) is 0 Å². The maximum Gasteiger partial charge on any atom is 0.0679 e. The van der Waals surface area contributed by atoms with Crippen LogP contribution in [0.25, 0.3) is 0 Å². The quantitative estimate of drug-likeness (QED) is 0.375. The minimum absolute atomic E-state index is 0.0699. The van der Waals surface area contributed by atoms with Gasteiger partial charge < -0.3 is 16.0 Å². The van der Waals surface area contributed by atoms with Crippen molar-refractivity contribution in [3.63, 3.8) is 0 Å². The third kappa shape index (κ3) is 3.76. The molecule has 0 aliphatic carbocycles. The van der Waals surface area contributed by atoms with Gasteiger partial charge in [0.25, 0.3) is 0 Å². The van der Waals surface area contributed by atoms with Crippen molar-refractivity contribution < 1.29 is 0 Å². The molecule has 0 aromatic carbocycles. The molecule has 0 aromatic rings. The smallest absolute Gasteiger partial charge is 0.0679 e. The van der Waals surface area contributed by atoms with Crippen LogP contribution in [0.4, 0.5) is 0 Å². The van der Waals surface area contributed by atoms with Gasteiger partial charge in [-0.1, -0.05) is 0 Å². The fourth-order valence-electron chi connectivity index (χ4n) is 1.08. The highest BCUT2D eigenvalue weighted by Gasteiger charge is 2.29. The van der Waals surface area contributed by atoms with Crippen molar-refractivity contribution in [3.05, 3.63) is 0 Å². The summed E-state index contributed by atoms with van der Waals surface area (Å²) in [6.45, 7) is 4.17. The molecule has 0 saturated carbocycles. The lowest BCUT2D eigenvalue weighted by atomic mass is 10.0. The van der Waals surface area contributed by atoms with E-state index in [2.05, 4.69) is 42.4 Å². The van der Waals surface area contributed by atoms with E-state index >= 15 is 0 Å². The fraction of sp³-hybridized carbons (Fsp3) is 1.00. The highest BCUT2D eigenvalue weighted by Crippen LogP contribution is 2.20. The lowest BCUT2D eigenvalue weighted by molar-refractivity contribution is 0.262. The largest absolute Gasteiger partial charge is 0.306 e.